The maximum absolute atomic E-state index is 6.18. The number of anilines is 1. The molecule has 104 valence electrons. The summed E-state index contributed by atoms with van der Waals surface area (Å²) in [4.78, 5) is 6.71. The number of halogens is 1. The van der Waals surface area contributed by atoms with Gasteiger partial charge in [0.1, 0.15) is 5.82 Å². The van der Waals surface area contributed by atoms with Crippen LogP contribution < -0.4 is 10.2 Å². The van der Waals surface area contributed by atoms with Crippen LogP contribution in [0.15, 0.2) is 12.1 Å². The first-order valence-electron chi connectivity index (χ1n) is 6.65. The van der Waals surface area contributed by atoms with Gasteiger partial charge < -0.3 is 10.2 Å². The molecule has 0 aliphatic carbocycles. The lowest BCUT2D eigenvalue weighted by atomic mass is 10.3. The molecule has 1 heterocycles. The Kier molecular flexibility index (Phi) is 6.69. The molecule has 19 heavy (non-hydrogen) atoms. The van der Waals surface area contributed by atoms with Gasteiger partial charge in [-0.3, -0.25) is 0 Å². The summed E-state index contributed by atoms with van der Waals surface area (Å²) in [5.74, 6) is 3.57. The molecule has 0 spiro atoms. The average Bonchev–Trinajstić information content (AvgIpc) is 2.37. The Morgan fingerprint density at radius 2 is 2.21 bits per heavy atom. The Morgan fingerprint density at radius 1 is 1.47 bits per heavy atom. The van der Waals surface area contributed by atoms with Crippen LogP contribution in [0.25, 0.3) is 0 Å². The summed E-state index contributed by atoms with van der Waals surface area (Å²) in [5, 5.41) is 4.02. The molecule has 0 aromatic carbocycles. The van der Waals surface area contributed by atoms with Gasteiger partial charge in [-0.2, -0.15) is 0 Å². The second-order valence-electron chi connectivity index (χ2n) is 4.76. The summed E-state index contributed by atoms with van der Waals surface area (Å²) >= 11 is 6.18. The van der Waals surface area contributed by atoms with Gasteiger partial charge in [0, 0.05) is 19.1 Å². The summed E-state index contributed by atoms with van der Waals surface area (Å²) in [5.41, 5.74) is 0.867. The van der Waals surface area contributed by atoms with Crippen molar-refractivity contribution in [2.24, 2.45) is 0 Å². The predicted molar refractivity (Wildman–Crippen MR) is 82.6 cm³/mol. The van der Waals surface area contributed by atoms with E-state index in [1.54, 1.807) is 0 Å². The normalized spacial score (nSPS) is 10.5. The fraction of sp³-hybridized carbons (Fsp3) is 0.533. The SMILES string of the molecule is C#CCN(CCC)c1ccc(Cl)c(CNC(C)C)n1. The average molecular weight is 280 g/mol. The Morgan fingerprint density at radius 3 is 2.79 bits per heavy atom. The molecule has 4 heteroatoms. The summed E-state index contributed by atoms with van der Waals surface area (Å²) in [7, 11) is 0. The van der Waals surface area contributed by atoms with Crippen LogP contribution in [0.3, 0.4) is 0 Å². The first-order valence-corrected chi connectivity index (χ1v) is 7.03. The number of nitrogens with one attached hydrogen (secondary N) is 1. The molecule has 1 N–H and O–H groups in total. The summed E-state index contributed by atoms with van der Waals surface area (Å²) in [6.07, 6.45) is 6.44. The van der Waals surface area contributed by atoms with Crippen LogP contribution in [0.1, 0.15) is 32.9 Å². The molecule has 0 aliphatic heterocycles. The third-order valence-corrected chi connectivity index (χ3v) is 3.03. The maximum atomic E-state index is 6.18. The number of terminal acetylenes is 1. The van der Waals surface area contributed by atoms with Crippen LogP contribution in [0.2, 0.25) is 5.02 Å². The van der Waals surface area contributed by atoms with Crippen molar-refractivity contribution >= 4 is 17.4 Å². The molecule has 1 aromatic heterocycles. The Hall–Kier alpha value is -1.24. The Balaban J connectivity index is 2.89. The zero-order valence-electron chi connectivity index (χ0n) is 11.9. The number of nitrogens with zero attached hydrogens (tertiary/aromatic N) is 2. The fourth-order valence-corrected chi connectivity index (χ4v) is 1.90. The molecule has 0 amide bonds. The molecule has 1 rings (SSSR count). The molecule has 0 unspecified atom stereocenters. The highest BCUT2D eigenvalue weighted by Gasteiger charge is 2.09. The van der Waals surface area contributed by atoms with Gasteiger partial charge in [0.15, 0.2) is 0 Å². The fourth-order valence-electron chi connectivity index (χ4n) is 1.73. The molecular formula is C15H22ClN3. The molecule has 0 aliphatic rings. The van der Waals surface area contributed by atoms with Crippen molar-refractivity contribution < 1.29 is 0 Å². The van der Waals surface area contributed by atoms with Crippen LogP contribution >= 0.6 is 11.6 Å². The van der Waals surface area contributed by atoms with Crippen molar-refractivity contribution in [3.05, 3.63) is 22.8 Å². The van der Waals surface area contributed by atoms with Crippen molar-refractivity contribution in [1.29, 1.82) is 0 Å². The van der Waals surface area contributed by atoms with Crippen LogP contribution in [-0.4, -0.2) is 24.1 Å². The first-order chi connectivity index (χ1) is 9.08. The van der Waals surface area contributed by atoms with Crippen LogP contribution in [0, 0.1) is 12.3 Å². The monoisotopic (exact) mass is 279 g/mol. The Labute approximate surface area is 121 Å². The van der Waals surface area contributed by atoms with E-state index in [0.29, 0.717) is 24.2 Å². The van der Waals surface area contributed by atoms with Gasteiger partial charge in [0.2, 0.25) is 0 Å². The third kappa shape index (κ3) is 5.10. The molecule has 0 atom stereocenters. The topological polar surface area (TPSA) is 28.2 Å². The minimum Gasteiger partial charge on any atom is -0.345 e. The van der Waals surface area contributed by atoms with Crippen molar-refractivity contribution in [2.75, 3.05) is 18.0 Å². The lowest BCUT2D eigenvalue weighted by Gasteiger charge is -2.21. The Bertz CT molecular complexity index is 438. The third-order valence-electron chi connectivity index (χ3n) is 2.68. The lowest BCUT2D eigenvalue weighted by molar-refractivity contribution is 0.581. The van der Waals surface area contributed by atoms with Crippen molar-refractivity contribution in [3.63, 3.8) is 0 Å². The summed E-state index contributed by atoms with van der Waals surface area (Å²) < 4.78 is 0. The zero-order chi connectivity index (χ0) is 14.3. The van der Waals surface area contributed by atoms with Gasteiger partial charge >= 0.3 is 0 Å². The van der Waals surface area contributed by atoms with E-state index in [1.165, 1.54) is 0 Å². The lowest BCUT2D eigenvalue weighted by Crippen LogP contribution is -2.27. The highest BCUT2D eigenvalue weighted by molar-refractivity contribution is 6.31. The molecule has 3 nitrogen and oxygen atoms in total. The van der Waals surface area contributed by atoms with E-state index in [1.807, 2.05) is 12.1 Å². The van der Waals surface area contributed by atoms with E-state index in [2.05, 4.69) is 41.9 Å². The van der Waals surface area contributed by atoms with Gasteiger partial charge in [0.25, 0.3) is 0 Å². The zero-order valence-corrected chi connectivity index (χ0v) is 12.7. The largest absolute Gasteiger partial charge is 0.345 e. The molecule has 0 fully saturated rings. The van der Waals surface area contributed by atoms with E-state index in [4.69, 9.17) is 18.0 Å². The van der Waals surface area contributed by atoms with E-state index >= 15 is 0 Å². The van der Waals surface area contributed by atoms with Crippen LogP contribution in [-0.2, 0) is 6.54 Å². The van der Waals surface area contributed by atoms with Crippen molar-refractivity contribution in [2.45, 2.75) is 39.8 Å². The van der Waals surface area contributed by atoms with Crippen LogP contribution in [0.5, 0.6) is 0 Å². The van der Waals surface area contributed by atoms with Crippen molar-refractivity contribution in [3.8, 4) is 12.3 Å². The summed E-state index contributed by atoms with van der Waals surface area (Å²) in [6.45, 7) is 8.45. The van der Waals surface area contributed by atoms with E-state index in [-0.39, 0.29) is 0 Å². The molecule has 0 radical (unpaired) electrons. The van der Waals surface area contributed by atoms with E-state index in [9.17, 15) is 0 Å². The number of aromatic nitrogens is 1. The van der Waals surface area contributed by atoms with Gasteiger partial charge in [-0.05, 0) is 18.6 Å². The van der Waals surface area contributed by atoms with Crippen molar-refractivity contribution in [1.82, 2.24) is 10.3 Å². The maximum Gasteiger partial charge on any atom is 0.129 e. The molecule has 0 saturated heterocycles. The quantitative estimate of drug-likeness (QED) is 0.778. The second kappa shape index (κ2) is 8.04. The first kappa shape index (κ1) is 15.8. The highest BCUT2D eigenvalue weighted by Crippen LogP contribution is 2.19. The molecule has 0 saturated carbocycles. The van der Waals surface area contributed by atoms with Gasteiger partial charge in [0.05, 0.1) is 17.3 Å². The van der Waals surface area contributed by atoms with Crippen LogP contribution in [0.4, 0.5) is 5.82 Å². The number of hydrogen-bond donors (Lipinski definition) is 1. The molecule has 1 aromatic rings. The number of hydrogen-bond acceptors (Lipinski definition) is 3. The molecular weight excluding hydrogens is 258 g/mol. The summed E-state index contributed by atoms with van der Waals surface area (Å²) in [6, 6.07) is 4.22. The smallest absolute Gasteiger partial charge is 0.129 e. The number of pyridine rings is 1. The van der Waals surface area contributed by atoms with E-state index in [0.717, 1.165) is 24.5 Å². The van der Waals surface area contributed by atoms with Gasteiger partial charge in [-0.1, -0.05) is 38.3 Å². The second-order valence-corrected chi connectivity index (χ2v) is 5.17. The minimum atomic E-state index is 0.402. The number of rotatable bonds is 7. The van der Waals surface area contributed by atoms with Gasteiger partial charge in [-0.15, -0.1) is 6.42 Å². The highest BCUT2D eigenvalue weighted by atomic mass is 35.5. The standard InChI is InChI=1S/C15H22ClN3/c1-5-9-19(10-6-2)15-8-7-13(16)14(18-15)11-17-12(3)4/h1,7-8,12,17H,6,9-11H2,2-4H3. The minimum absolute atomic E-state index is 0.402. The molecule has 0 bridgehead atoms. The van der Waals surface area contributed by atoms with Gasteiger partial charge in [-0.25, -0.2) is 4.98 Å². The predicted octanol–water partition coefficient (Wildman–Crippen LogP) is 3.08. The van der Waals surface area contributed by atoms with E-state index < -0.39 is 0 Å².